The highest BCUT2D eigenvalue weighted by Gasteiger charge is 2.26. The summed E-state index contributed by atoms with van der Waals surface area (Å²) in [6.07, 6.45) is 41.8. The zero-order valence-corrected chi connectivity index (χ0v) is 62.2. The highest BCUT2D eigenvalue weighted by Crippen LogP contribution is 2.42. The maximum atomic E-state index is 12.7. The van der Waals surface area contributed by atoms with E-state index in [1.54, 1.807) is 36.4 Å². The van der Waals surface area contributed by atoms with Crippen LogP contribution >= 0.6 is 36.7 Å². The standard InChI is InChI=1S/C30H40F2OS.C29H38F2OS.C28H36F2OS/c1-2-3-4-5-6-7-8-9-10-23-11-13-24(14-12-23)25-19-21-28(22-20-25)33-30(34)27-17-15-26(16-18-27)29(31)32;1-2-3-4-5-6-7-8-9-22-10-12-23(13-11-22)24-18-20-27(21-19-24)32-29(33)26-16-14-25(15-17-26)28(30)31;1-2-3-4-5-6-7-8-21-9-11-22(12-10-21)23-17-19-26(20-18-23)31-28(32)25-15-13-24(14-16-25)27(29)30/h15-24,29H,2-14H2,1H3;14-23,28H,2-13H2,1H3;13-22,27H,2-12H2,1H3. The van der Waals surface area contributed by atoms with Gasteiger partial charge in [-0.1, -0.05) is 248 Å². The Kier molecular flexibility index (Phi) is 37.8. The number of halogens is 6. The van der Waals surface area contributed by atoms with E-state index in [0.29, 0.717) is 66.8 Å². The fourth-order valence-corrected chi connectivity index (χ4v) is 15.4. The van der Waals surface area contributed by atoms with E-state index in [9.17, 15) is 26.3 Å². The van der Waals surface area contributed by atoms with Crippen LogP contribution in [0.2, 0.25) is 0 Å². The van der Waals surface area contributed by atoms with Crippen molar-refractivity contribution in [1.82, 2.24) is 0 Å². The average molecular weight is 1420 g/mol. The molecule has 6 aromatic carbocycles. The summed E-state index contributed by atoms with van der Waals surface area (Å²) < 4.78 is 93.6. The van der Waals surface area contributed by atoms with Crippen molar-refractivity contribution in [2.75, 3.05) is 0 Å². The molecule has 0 bridgehead atoms. The van der Waals surface area contributed by atoms with Crippen molar-refractivity contribution in [3.8, 4) is 17.2 Å². The Morgan fingerprint density at radius 2 is 0.485 bits per heavy atom. The van der Waals surface area contributed by atoms with E-state index in [1.165, 1.54) is 284 Å². The first-order valence-corrected chi connectivity index (χ1v) is 39.5. The summed E-state index contributed by atoms with van der Waals surface area (Å²) in [7, 11) is 0. The van der Waals surface area contributed by atoms with E-state index in [4.69, 9.17) is 50.9 Å². The predicted molar refractivity (Wildman–Crippen MR) is 412 cm³/mol. The molecule has 3 fully saturated rings. The van der Waals surface area contributed by atoms with Gasteiger partial charge in [0.05, 0.1) is 0 Å². The molecule has 0 atom stereocenters. The van der Waals surface area contributed by atoms with Crippen LogP contribution in [0.4, 0.5) is 26.3 Å². The van der Waals surface area contributed by atoms with Crippen molar-refractivity contribution < 1.29 is 40.6 Å². The van der Waals surface area contributed by atoms with Crippen LogP contribution in [0.5, 0.6) is 17.2 Å². The van der Waals surface area contributed by atoms with Gasteiger partial charge in [0.2, 0.25) is 0 Å². The summed E-state index contributed by atoms with van der Waals surface area (Å²) in [4.78, 5) is 0. The zero-order valence-electron chi connectivity index (χ0n) is 59.7. The molecular weight excluding hydrogens is 1300 g/mol. The van der Waals surface area contributed by atoms with Gasteiger partial charge in [0, 0.05) is 33.4 Å². The van der Waals surface area contributed by atoms with Crippen molar-refractivity contribution >= 4 is 51.8 Å². The summed E-state index contributed by atoms with van der Waals surface area (Å²) in [5.41, 5.74) is 6.01. The number of alkyl halides is 6. The SMILES string of the molecule is CCCCCCCCC1CCC(c2ccc(OC(=S)c3ccc(C(F)F)cc3)cc2)CC1.CCCCCCCCCC1CCC(c2ccc(OC(=S)c3ccc(C(F)F)cc3)cc2)CC1.CCCCCCCCCCC1CCC(c2ccc(OC(=S)c3ccc(C(F)F)cc3)cc2)CC1. The lowest BCUT2D eigenvalue weighted by atomic mass is 9.77. The molecule has 0 spiro atoms. The molecule has 3 aliphatic carbocycles. The van der Waals surface area contributed by atoms with Gasteiger partial charge in [-0.25, -0.2) is 26.3 Å². The van der Waals surface area contributed by atoms with E-state index in [0.717, 1.165) is 17.8 Å². The van der Waals surface area contributed by atoms with Gasteiger partial charge in [0.15, 0.2) is 15.2 Å². The lowest BCUT2D eigenvalue weighted by Crippen LogP contribution is -2.13. The predicted octanol–water partition coefficient (Wildman–Crippen LogP) is 29.4. The van der Waals surface area contributed by atoms with Crippen molar-refractivity contribution in [1.29, 1.82) is 0 Å². The van der Waals surface area contributed by atoms with Gasteiger partial charge in [-0.15, -0.1) is 0 Å². The highest BCUT2D eigenvalue weighted by molar-refractivity contribution is 7.81. The Bertz CT molecular complexity index is 3150. The molecule has 0 aromatic heterocycles. The number of ether oxygens (including phenoxy) is 3. The Morgan fingerprint density at radius 1 is 0.283 bits per heavy atom. The van der Waals surface area contributed by atoms with Gasteiger partial charge in [-0.2, -0.15) is 0 Å². The van der Waals surface area contributed by atoms with Crippen LogP contribution in [0.25, 0.3) is 0 Å². The number of hydrogen-bond donors (Lipinski definition) is 0. The summed E-state index contributed by atoms with van der Waals surface area (Å²) in [6, 6.07) is 42.6. The number of unbranched alkanes of at least 4 members (excludes halogenated alkanes) is 18. The normalized spacial score (nSPS) is 18.4. The summed E-state index contributed by atoms with van der Waals surface area (Å²) in [5, 5.41) is 0.901. The second-order valence-corrected chi connectivity index (χ2v) is 29.6. The van der Waals surface area contributed by atoms with Crippen LogP contribution in [0.3, 0.4) is 0 Å². The summed E-state index contributed by atoms with van der Waals surface area (Å²) in [6.45, 7) is 6.82. The maximum absolute atomic E-state index is 12.7. The minimum atomic E-state index is -2.48. The largest absolute Gasteiger partial charge is 0.445 e. The monoisotopic (exact) mass is 1420 g/mol. The van der Waals surface area contributed by atoms with Crippen molar-refractivity contribution in [2.24, 2.45) is 17.8 Å². The minimum Gasteiger partial charge on any atom is -0.445 e. The summed E-state index contributed by atoms with van der Waals surface area (Å²) >= 11 is 16.0. The van der Waals surface area contributed by atoms with E-state index < -0.39 is 19.3 Å². The third-order valence-corrected chi connectivity index (χ3v) is 22.0. The van der Waals surface area contributed by atoms with E-state index >= 15 is 0 Å². The lowest BCUT2D eigenvalue weighted by molar-refractivity contribution is 0.151. The fourth-order valence-electron chi connectivity index (χ4n) is 14.7. The van der Waals surface area contributed by atoms with Crippen LogP contribution in [0.15, 0.2) is 146 Å². The molecule has 3 nitrogen and oxygen atoms in total. The van der Waals surface area contributed by atoms with Gasteiger partial charge >= 0.3 is 0 Å². The molecule has 0 amide bonds. The van der Waals surface area contributed by atoms with Crippen molar-refractivity contribution in [3.05, 3.63) is 196 Å². The van der Waals surface area contributed by atoms with Crippen LogP contribution in [0, 0.1) is 17.8 Å². The van der Waals surface area contributed by atoms with Crippen LogP contribution < -0.4 is 14.2 Å². The number of rotatable bonds is 36. The highest BCUT2D eigenvalue weighted by atomic mass is 32.1. The molecule has 0 heterocycles. The van der Waals surface area contributed by atoms with Gasteiger partial charge in [-0.3, -0.25) is 0 Å². The molecule has 0 unspecified atom stereocenters. The number of thiocarbonyl (C=S) groups is 3. The average Bonchev–Trinajstić information content (AvgIpc) is 1.23. The van der Waals surface area contributed by atoms with Crippen LogP contribution in [-0.4, -0.2) is 15.2 Å². The van der Waals surface area contributed by atoms with Gasteiger partial charge < -0.3 is 14.2 Å². The number of benzene rings is 6. The third kappa shape index (κ3) is 29.8. The molecule has 99 heavy (non-hydrogen) atoms. The van der Waals surface area contributed by atoms with Crippen molar-refractivity contribution in [2.45, 2.75) is 289 Å². The smallest absolute Gasteiger partial charge is 0.263 e. The van der Waals surface area contributed by atoms with Crippen LogP contribution in [0.1, 0.15) is 339 Å². The second-order valence-electron chi connectivity index (χ2n) is 28.5. The van der Waals surface area contributed by atoms with Gasteiger partial charge in [0.1, 0.15) is 17.2 Å². The molecule has 12 heteroatoms. The molecule has 0 N–H and O–H groups in total. The Hall–Kier alpha value is -5.43. The molecule has 0 radical (unpaired) electrons. The van der Waals surface area contributed by atoms with Gasteiger partial charge in [-0.05, 0) is 239 Å². The first-order chi connectivity index (χ1) is 48.2. The minimum absolute atomic E-state index is 0.0107. The molecule has 540 valence electrons. The molecule has 3 aliphatic rings. The third-order valence-electron chi connectivity index (χ3n) is 21.1. The Morgan fingerprint density at radius 3 is 0.687 bits per heavy atom. The van der Waals surface area contributed by atoms with Crippen molar-refractivity contribution in [3.63, 3.8) is 0 Å². The zero-order chi connectivity index (χ0) is 70.4. The summed E-state index contributed by atoms with van der Waals surface area (Å²) in [5.74, 6) is 6.71. The molecular formula is C87H114F6O3S3. The van der Waals surface area contributed by atoms with Gasteiger partial charge in [0.25, 0.3) is 19.3 Å². The molecule has 3 saturated carbocycles. The van der Waals surface area contributed by atoms with Crippen LogP contribution in [-0.2, 0) is 0 Å². The molecule has 6 aromatic rings. The van der Waals surface area contributed by atoms with E-state index in [-0.39, 0.29) is 16.7 Å². The van der Waals surface area contributed by atoms with E-state index in [2.05, 4.69) is 57.2 Å². The number of hydrogen-bond acceptors (Lipinski definition) is 6. The Balaban J connectivity index is 0.000000209. The quantitative estimate of drug-likeness (QED) is 0.0221. The molecule has 9 rings (SSSR count). The van der Waals surface area contributed by atoms with E-state index in [1.807, 2.05) is 36.4 Å². The fraction of sp³-hybridized carbons (Fsp3) is 0.552. The molecule has 0 aliphatic heterocycles. The lowest BCUT2D eigenvalue weighted by Gasteiger charge is -2.29. The first-order valence-electron chi connectivity index (χ1n) is 38.3. The Labute approximate surface area is 608 Å². The first kappa shape index (κ1) is 80.9. The maximum Gasteiger partial charge on any atom is 0.263 e. The molecule has 0 saturated heterocycles. The second kappa shape index (κ2) is 46.2. The topological polar surface area (TPSA) is 27.7 Å².